The molecule has 2 heterocycles. The number of carbonyl (C=O) groups is 5. The van der Waals surface area contributed by atoms with E-state index < -0.39 is 51.3 Å². The van der Waals surface area contributed by atoms with Crippen LogP contribution in [0.25, 0.3) is 0 Å². The summed E-state index contributed by atoms with van der Waals surface area (Å²) in [6, 6.07) is 0. The standard InChI is InChI=1S/C22H31O9P.C14H23O5P.C6H5ClO4.CH2O3.2Na/c1-13(2)11-15-14(3)18(23)17(12-22(15,4)5)31-32(25,28-8)29-10-9-16-19(26-6)20(27-7)21(24)30-16;1-9(2)7-11-10(3)13(15)12(8-14(11,4)5)19-20(16,17)18-6;7-2-1-3-4(8)5(9)6(10)11-3;2-1-4-3;;/h9,11,17H,10,12H2,1-8H3;7,12H,8H2,1-6H3,(H,16,17);1,8-9H,2H2;1,3H;;/q;;;;2*+1/p-2/b16-9+;;3-1+;;;. The first-order valence-corrected chi connectivity index (χ1v) is 23.4. The van der Waals surface area contributed by atoms with Gasteiger partial charge in [-0.05, 0) is 99.7 Å². The number of allylic oxidation sites excluding steroid dienone is 7. The smallest absolute Gasteiger partial charge is 0.756 e. The molecule has 0 aromatic carbocycles. The van der Waals surface area contributed by atoms with Gasteiger partial charge < -0.3 is 53.2 Å². The van der Waals surface area contributed by atoms with Gasteiger partial charge in [0.05, 0.1) is 20.8 Å². The zero-order valence-corrected chi connectivity index (χ0v) is 48.3. The van der Waals surface area contributed by atoms with Crippen molar-refractivity contribution in [3.63, 3.8) is 0 Å². The van der Waals surface area contributed by atoms with E-state index in [0.717, 1.165) is 29.4 Å². The molecule has 0 aromatic rings. The van der Waals surface area contributed by atoms with E-state index in [-0.39, 0.29) is 124 Å². The number of phosphoric acid groups is 2. The van der Waals surface area contributed by atoms with E-state index in [1.54, 1.807) is 13.8 Å². The minimum absolute atomic E-state index is 0. The third-order valence-corrected chi connectivity index (χ3v) is 12.2. The van der Waals surface area contributed by atoms with Crippen LogP contribution >= 0.6 is 27.2 Å². The molecule has 4 atom stereocenters. The molecule has 4 rings (SSSR count). The maximum Gasteiger partial charge on any atom is 1.00 e. The van der Waals surface area contributed by atoms with Crippen molar-refractivity contribution in [2.24, 2.45) is 10.8 Å². The van der Waals surface area contributed by atoms with Crippen molar-refractivity contribution in [1.29, 1.82) is 0 Å². The number of halogens is 1. The Morgan fingerprint density at radius 1 is 0.739 bits per heavy atom. The molecule has 0 aromatic heterocycles. The molecule has 0 bridgehead atoms. The summed E-state index contributed by atoms with van der Waals surface area (Å²) < 4.78 is 69.0. The minimum Gasteiger partial charge on any atom is -0.756 e. The van der Waals surface area contributed by atoms with Crippen molar-refractivity contribution in [3.8, 4) is 0 Å². The van der Waals surface area contributed by atoms with Crippen molar-refractivity contribution in [2.45, 2.75) is 94.3 Å². The van der Waals surface area contributed by atoms with E-state index >= 15 is 0 Å². The number of Topliss-reactive ketones (excluding diaryl/α,β-unsaturated/α-hetero) is 2. The molecule has 4 aliphatic rings. The van der Waals surface area contributed by atoms with Crippen molar-refractivity contribution >= 4 is 57.2 Å². The molecule has 69 heavy (non-hydrogen) atoms. The number of carbonyl (C=O) groups excluding carboxylic acids is 5. The van der Waals surface area contributed by atoms with Gasteiger partial charge in [0.2, 0.25) is 17.3 Å². The Hall–Kier alpha value is -2.66. The quantitative estimate of drug-likeness (QED) is 0.0431. The van der Waals surface area contributed by atoms with Gasteiger partial charge in [-0.15, -0.1) is 11.6 Å². The average Bonchev–Trinajstić information content (AvgIpc) is 3.69. The zero-order valence-electron chi connectivity index (χ0n) is 41.8. The number of ketones is 2. The normalized spacial score (nSPS) is 22.1. The number of hydrogen-bond donors (Lipinski definition) is 2. The number of ether oxygens (including phenoxy) is 4. The molecule has 0 spiro atoms. The summed E-state index contributed by atoms with van der Waals surface area (Å²) in [6.45, 7) is 18.7. The van der Waals surface area contributed by atoms with Crippen LogP contribution in [0.4, 0.5) is 0 Å². The van der Waals surface area contributed by atoms with Crippen LogP contribution in [0, 0.1) is 10.8 Å². The zero-order chi connectivity index (χ0) is 51.8. The van der Waals surface area contributed by atoms with Crippen LogP contribution in [0.1, 0.15) is 82.1 Å². The fourth-order valence-corrected chi connectivity index (χ4v) is 8.35. The first kappa shape index (κ1) is 68.4. The van der Waals surface area contributed by atoms with E-state index in [1.165, 1.54) is 33.5 Å². The number of methoxy groups -OCH3 is 2. The Bertz CT molecular complexity index is 2250. The molecular weight excluding hydrogens is 996 g/mol. The molecule has 0 radical (unpaired) electrons. The van der Waals surface area contributed by atoms with Gasteiger partial charge in [0.1, 0.15) is 12.2 Å². The molecular formula is C43H59ClNa2O21P2. The second kappa shape index (κ2) is 30.4. The van der Waals surface area contributed by atoms with Crippen molar-refractivity contribution in [3.05, 3.63) is 92.3 Å². The van der Waals surface area contributed by atoms with Gasteiger partial charge >= 0.3 is 78.9 Å². The largest absolute Gasteiger partial charge is 1.00 e. The number of aliphatic hydroxyl groups is 2. The van der Waals surface area contributed by atoms with E-state index in [1.807, 2.05) is 67.5 Å². The first-order chi connectivity index (χ1) is 31.0. The summed E-state index contributed by atoms with van der Waals surface area (Å²) in [5, 5.41) is 26.1. The van der Waals surface area contributed by atoms with Crippen LogP contribution < -0.4 is 69.3 Å². The van der Waals surface area contributed by atoms with Gasteiger partial charge in [0, 0.05) is 20.1 Å². The van der Waals surface area contributed by atoms with E-state index in [2.05, 4.69) is 14.1 Å². The molecule has 21 nitrogen and oxygen atoms in total. The van der Waals surface area contributed by atoms with Gasteiger partial charge in [-0.3, -0.25) is 32.5 Å². The first-order valence-electron chi connectivity index (χ1n) is 19.9. The van der Waals surface area contributed by atoms with Gasteiger partial charge in [-0.2, -0.15) is 0 Å². The predicted molar refractivity (Wildman–Crippen MR) is 236 cm³/mol. The van der Waals surface area contributed by atoms with Crippen molar-refractivity contribution in [2.75, 3.05) is 40.9 Å². The number of cyclic esters (lactones) is 2. The van der Waals surface area contributed by atoms with E-state index in [4.69, 9.17) is 64.2 Å². The molecule has 0 saturated heterocycles. The van der Waals surface area contributed by atoms with E-state index in [9.17, 15) is 33.2 Å². The van der Waals surface area contributed by atoms with Crippen LogP contribution in [0.3, 0.4) is 0 Å². The second-order valence-electron chi connectivity index (χ2n) is 16.2. The van der Waals surface area contributed by atoms with Crippen LogP contribution in [0.2, 0.25) is 0 Å². The minimum atomic E-state index is -4.42. The summed E-state index contributed by atoms with van der Waals surface area (Å²) in [5.74, 6) is -3.53. The summed E-state index contributed by atoms with van der Waals surface area (Å²) in [4.78, 5) is 70.1. The molecule has 0 fully saturated rings. The Labute approximate surface area is 451 Å². The van der Waals surface area contributed by atoms with Crippen molar-refractivity contribution in [1.82, 2.24) is 0 Å². The summed E-state index contributed by atoms with van der Waals surface area (Å²) in [7, 11) is -3.66. The number of hydrogen-bond acceptors (Lipinski definition) is 21. The second-order valence-corrected chi connectivity index (χ2v) is 19.7. The molecule has 2 aliphatic heterocycles. The van der Waals surface area contributed by atoms with Gasteiger partial charge in [0.15, 0.2) is 23.1 Å². The fraction of sp³-hybridized carbons (Fsp3) is 0.512. The van der Waals surface area contributed by atoms with Crippen LogP contribution in [-0.4, -0.2) is 93.3 Å². The third-order valence-electron chi connectivity index (χ3n) is 9.69. The molecule has 26 heteroatoms. The maximum atomic E-state index is 13.0. The summed E-state index contributed by atoms with van der Waals surface area (Å²) in [5.41, 5.74) is 4.40. The molecule has 2 aliphatic carbocycles. The van der Waals surface area contributed by atoms with Gasteiger partial charge in [0.25, 0.3) is 20.1 Å². The monoisotopic (exact) mass is 1050 g/mol. The molecule has 0 saturated carbocycles. The molecule has 0 amide bonds. The molecule has 376 valence electrons. The number of alkyl halides is 1. The Balaban J connectivity index is 0. The van der Waals surface area contributed by atoms with Gasteiger partial charge in [-0.1, -0.05) is 51.0 Å². The van der Waals surface area contributed by atoms with Crippen LogP contribution in [-0.2, 0) is 79.6 Å². The third kappa shape index (κ3) is 20.1. The average molecular weight is 1060 g/mol. The molecule has 4 unspecified atom stereocenters. The fourth-order valence-electron chi connectivity index (χ4n) is 6.66. The molecule has 2 N–H and O–H groups in total. The number of phosphoric ester groups is 2. The van der Waals surface area contributed by atoms with Crippen molar-refractivity contribution < 1.29 is 159 Å². The summed E-state index contributed by atoms with van der Waals surface area (Å²) >= 11 is 5.26. The Morgan fingerprint density at radius 2 is 1.17 bits per heavy atom. The SMILES string of the molecule is COC1=C(OC)/C(=C\COP(=O)(OC)OC2CC(C)(C)C(C=C(C)C)=C(C)C2=O)OC1=O.COP(=O)([O-])OC1CC(C)(C)C(C=C(C)C)=C(C)C1=O.O=C1O/C(=C/CCl)C(O)=C1O.O=CO[O-].[Na+].[Na+]. The van der Waals surface area contributed by atoms with E-state index in [0.29, 0.717) is 24.0 Å². The van der Waals surface area contributed by atoms with Gasteiger partial charge in [-0.25, -0.2) is 14.2 Å². The topological polar surface area (TPSA) is 298 Å². The maximum absolute atomic E-state index is 13.0. The van der Waals surface area contributed by atoms with Crippen LogP contribution in [0.5, 0.6) is 0 Å². The number of rotatable bonds is 15. The Morgan fingerprint density at radius 3 is 1.52 bits per heavy atom. The Kier molecular flexibility index (Phi) is 30.1. The number of aliphatic hydroxyl groups excluding tert-OH is 2. The summed E-state index contributed by atoms with van der Waals surface area (Å²) in [6.07, 6.45) is 5.18. The van der Waals surface area contributed by atoms with Crippen LogP contribution in [0.15, 0.2) is 92.3 Å². The predicted octanol–water partition coefficient (Wildman–Crippen LogP) is 0.574. The number of esters is 2.